The van der Waals surface area contributed by atoms with E-state index in [1.807, 2.05) is 0 Å². The van der Waals surface area contributed by atoms with E-state index in [1.165, 1.54) is 0 Å². The van der Waals surface area contributed by atoms with E-state index in [9.17, 15) is 14.7 Å². The SMILES string of the molecule is CCOC(=O)C(=O)C(O)c1cccc(Br)c1. The Morgan fingerprint density at radius 3 is 2.75 bits per heavy atom. The molecular formula is C11H11BrO4. The van der Waals surface area contributed by atoms with Crippen molar-refractivity contribution in [2.45, 2.75) is 13.0 Å². The van der Waals surface area contributed by atoms with E-state index in [1.54, 1.807) is 31.2 Å². The topological polar surface area (TPSA) is 63.6 Å². The summed E-state index contributed by atoms with van der Waals surface area (Å²) in [5.41, 5.74) is 0.354. The number of carbonyl (C=O) groups excluding carboxylic acids is 2. The molecule has 0 fully saturated rings. The number of rotatable bonds is 4. The zero-order chi connectivity index (χ0) is 12.1. The van der Waals surface area contributed by atoms with Crippen LogP contribution in [-0.2, 0) is 14.3 Å². The second kappa shape index (κ2) is 5.77. The Morgan fingerprint density at radius 2 is 2.19 bits per heavy atom. The molecule has 1 aromatic carbocycles. The zero-order valence-corrected chi connectivity index (χ0v) is 10.2. The molecule has 16 heavy (non-hydrogen) atoms. The minimum Gasteiger partial charge on any atom is -0.460 e. The maximum Gasteiger partial charge on any atom is 0.377 e. The summed E-state index contributed by atoms with van der Waals surface area (Å²) in [5, 5.41) is 9.64. The van der Waals surface area contributed by atoms with E-state index >= 15 is 0 Å². The summed E-state index contributed by atoms with van der Waals surface area (Å²) in [6.45, 7) is 1.70. The van der Waals surface area contributed by atoms with Gasteiger partial charge in [0.2, 0.25) is 0 Å². The predicted molar refractivity (Wildman–Crippen MR) is 60.7 cm³/mol. The average molecular weight is 287 g/mol. The van der Waals surface area contributed by atoms with Gasteiger partial charge in [0.15, 0.2) is 0 Å². The number of ketones is 1. The van der Waals surface area contributed by atoms with Crippen molar-refractivity contribution in [3.8, 4) is 0 Å². The van der Waals surface area contributed by atoms with Crippen molar-refractivity contribution in [2.75, 3.05) is 6.61 Å². The average Bonchev–Trinajstić information content (AvgIpc) is 2.27. The first kappa shape index (κ1) is 12.9. The van der Waals surface area contributed by atoms with Crippen LogP contribution >= 0.6 is 15.9 Å². The lowest BCUT2D eigenvalue weighted by molar-refractivity contribution is -0.157. The molecule has 4 nitrogen and oxygen atoms in total. The van der Waals surface area contributed by atoms with E-state index in [4.69, 9.17) is 0 Å². The van der Waals surface area contributed by atoms with Crippen LogP contribution in [0.3, 0.4) is 0 Å². The second-order valence-corrected chi connectivity index (χ2v) is 3.96. The molecule has 0 aliphatic heterocycles. The number of benzene rings is 1. The van der Waals surface area contributed by atoms with Gasteiger partial charge in [-0.3, -0.25) is 4.79 Å². The Hall–Kier alpha value is -1.20. The van der Waals surface area contributed by atoms with Gasteiger partial charge in [-0.15, -0.1) is 0 Å². The van der Waals surface area contributed by atoms with E-state index < -0.39 is 17.9 Å². The molecule has 0 saturated carbocycles. The van der Waals surface area contributed by atoms with Gasteiger partial charge in [-0.2, -0.15) is 0 Å². The largest absolute Gasteiger partial charge is 0.460 e. The lowest BCUT2D eigenvalue weighted by atomic mass is 10.1. The molecule has 0 radical (unpaired) electrons. The molecule has 1 N–H and O–H groups in total. The van der Waals surface area contributed by atoms with Crippen LogP contribution in [0.25, 0.3) is 0 Å². The Bertz CT molecular complexity index is 403. The van der Waals surface area contributed by atoms with Crippen LogP contribution in [0, 0.1) is 0 Å². The molecular weight excluding hydrogens is 276 g/mol. The fraction of sp³-hybridized carbons (Fsp3) is 0.273. The first-order valence-electron chi connectivity index (χ1n) is 4.70. The Labute approximate surface area is 101 Å². The maximum atomic E-state index is 11.4. The molecule has 0 saturated heterocycles. The van der Waals surface area contributed by atoms with Gasteiger partial charge in [0, 0.05) is 4.47 Å². The van der Waals surface area contributed by atoms with Crippen molar-refractivity contribution in [3.05, 3.63) is 34.3 Å². The fourth-order valence-corrected chi connectivity index (χ4v) is 1.56. The molecule has 0 aliphatic rings. The van der Waals surface area contributed by atoms with Gasteiger partial charge in [-0.1, -0.05) is 28.1 Å². The zero-order valence-electron chi connectivity index (χ0n) is 8.64. The number of esters is 1. The first-order chi connectivity index (χ1) is 7.56. The maximum absolute atomic E-state index is 11.4. The molecule has 5 heteroatoms. The summed E-state index contributed by atoms with van der Waals surface area (Å²) in [7, 11) is 0. The van der Waals surface area contributed by atoms with Gasteiger partial charge in [0.1, 0.15) is 6.10 Å². The van der Waals surface area contributed by atoms with Crippen molar-refractivity contribution in [1.29, 1.82) is 0 Å². The minimum atomic E-state index is -1.48. The third kappa shape index (κ3) is 3.15. The lowest BCUT2D eigenvalue weighted by Crippen LogP contribution is -2.24. The lowest BCUT2D eigenvalue weighted by Gasteiger charge is -2.09. The van der Waals surface area contributed by atoms with Crippen LogP contribution < -0.4 is 0 Å². The summed E-state index contributed by atoms with van der Waals surface area (Å²) < 4.78 is 5.24. The summed E-state index contributed by atoms with van der Waals surface area (Å²) >= 11 is 3.21. The van der Waals surface area contributed by atoms with Crippen molar-refractivity contribution < 1.29 is 19.4 Å². The highest BCUT2D eigenvalue weighted by Crippen LogP contribution is 2.19. The van der Waals surface area contributed by atoms with Gasteiger partial charge >= 0.3 is 5.97 Å². The Morgan fingerprint density at radius 1 is 1.50 bits per heavy atom. The quantitative estimate of drug-likeness (QED) is 0.675. The number of aliphatic hydroxyl groups is 1. The van der Waals surface area contributed by atoms with Gasteiger partial charge < -0.3 is 9.84 Å². The fourth-order valence-electron chi connectivity index (χ4n) is 1.14. The van der Waals surface area contributed by atoms with Crippen LogP contribution in [0.2, 0.25) is 0 Å². The molecule has 0 bridgehead atoms. The molecule has 0 aromatic heterocycles. The highest BCUT2D eigenvalue weighted by molar-refractivity contribution is 9.10. The predicted octanol–water partition coefficient (Wildman–Crippen LogP) is 1.61. The minimum absolute atomic E-state index is 0.107. The standard InChI is InChI=1S/C11H11BrO4/c1-2-16-11(15)10(14)9(13)7-4-3-5-8(12)6-7/h3-6,9,13H,2H2,1H3. The molecule has 0 spiro atoms. The van der Waals surface area contributed by atoms with E-state index in [0.717, 1.165) is 4.47 Å². The molecule has 1 rings (SSSR count). The van der Waals surface area contributed by atoms with E-state index in [0.29, 0.717) is 5.56 Å². The monoisotopic (exact) mass is 286 g/mol. The summed E-state index contributed by atoms with van der Waals surface area (Å²) in [5.74, 6) is -1.98. The van der Waals surface area contributed by atoms with Crippen LogP contribution in [0.15, 0.2) is 28.7 Å². The van der Waals surface area contributed by atoms with Crippen molar-refractivity contribution >= 4 is 27.7 Å². The van der Waals surface area contributed by atoms with Crippen LogP contribution in [0.5, 0.6) is 0 Å². The van der Waals surface area contributed by atoms with E-state index in [2.05, 4.69) is 20.7 Å². The number of ether oxygens (including phenoxy) is 1. The smallest absolute Gasteiger partial charge is 0.377 e. The number of hydrogen-bond acceptors (Lipinski definition) is 4. The van der Waals surface area contributed by atoms with Crippen molar-refractivity contribution in [2.24, 2.45) is 0 Å². The molecule has 0 amide bonds. The van der Waals surface area contributed by atoms with Crippen LogP contribution in [0.4, 0.5) is 0 Å². The number of halogens is 1. The van der Waals surface area contributed by atoms with Gasteiger partial charge in [0.25, 0.3) is 5.78 Å². The highest BCUT2D eigenvalue weighted by atomic mass is 79.9. The molecule has 86 valence electrons. The Balaban J connectivity index is 2.82. The molecule has 0 aliphatic carbocycles. The number of Topliss-reactive ketones (excluding diaryl/α,β-unsaturated/α-hetero) is 1. The Kier molecular flexibility index (Phi) is 4.64. The van der Waals surface area contributed by atoms with Gasteiger partial charge in [-0.25, -0.2) is 4.79 Å². The summed E-state index contributed by atoms with van der Waals surface area (Å²) in [4.78, 5) is 22.5. The highest BCUT2D eigenvalue weighted by Gasteiger charge is 2.25. The summed E-state index contributed by atoms with van der Waals surface area (Å²) in [6.07, 6.45) is -1.48. The number of hydrogen-bond donors (Lipinski definition) is 1. The molecule has 1 unspecified atom stereocenters. The third-order valence-corrected chi connectivity index (χ3v) is 2.38. The van der Waals surface area contributed by atoms with Crippen molar-refractivity contribution in [3.63, 3.8) is 0 Å². The van der Waals surface area contributed by atoms with E-state index in [-0.39, 0.29) is 6.61 Å². The first-order valence-corrected chi connectivity index (χ1v) is 5.50. The molecule has 1 atom stereocenters. The normalized spacial score (nSPS) is 11.9. The van der Waals surface area contributed by atoms with Crippen LogP contribution in [0.1, 0.15) is 18.6 Å². The van der Waals surface area contributed by atoms with Crippen LogP contribution in [-0.4, -0.2) is 23.5 Å². The second-order valence-electron chi connectivity index (χ2n) is 3.04. The van der Waals surface area contributed by atoms with Gasteiger partial charge in [-0.05, 0) is 24.6 Å². The number of carbonyl (C=O) groups is 2. The third-order valence-electron chi connectivity index (χ3n) is 1.89. The van der Waals surface area contributed by atoms with Gasteiger partial charge in [0.05, 0.1) is 6.61 Å². The number of aliphatic hydroxyl groups excluding tert-OH is 1. The van der Waals surface area contributed by atoms with Crippen molar-refractivity contribution in [1.82, 2.24) is 0 Å². The molecule has 0 heterocycles. The summed E-state index contributed by atoms with van der Waals surface area (Å²) in [6, 6.07) is 6.56. The molecule has 1 aromatic rings.